The van der Waals surface area contributed by atoms with Crippen LogP contribution in [0, 0.1) is 13.0 Å². The summed E-state index contributed by atoms with van der Waals surface area (Å²) in [6.07, 6.45) is 3.83. The number of methoxy groups -OCH3 is 1. The molecular weight excluding hydrogens is 138 g/mol. The van der Waals surface area contributed by atoms with Crippen LogP contribution < -0.4 is 0 Å². The van der Waals surface area contributed by atoms with Gasteiger partial charge >= 0.3 is 0 Å². The zero-order valence-corrected chi connectivity index (χ0v) is 7.38. The molecule has 66 valence electrons. The van der Waals surface area contributed by atoms with E-state index < -0.39 is 0 Å². The van der Waals surface area contributed by atoms with Crippen molar-refractivity contribution in [1.82, 2.24) is 4.90 Å². The van der Waals surface area contributed by atoms with Crippen molar-refractivity contribution in [3.8, 4) is 0 Å². The first-order valence-corrected chi connectivity index (χ1v) is 4.37. The molecule has 0 saturated carbocycles. The van der Waals surface area contributed by atoms with Gasteiger partial charge in [0.05, 0.1) is 0 Å². The number of hydrogen-bond acceptors (Lipinski definition) is 2. The van der Waals surface area contributed by atoms with Crippen molar-refractivity contribution in [2.45, 2.75) is 19.3 Å². The molecule has 0 N–H and O–H groups in total. The molecule has 0 spiro atoms. The lowest BCUT2D eigenvalue weighted by molar-refractivity contribution is 0.145. The third-order valence-electron chi connectivity index (χ3n) is 2.34. The molecule has 2 nitrogen and oxygen atoms in total. The van der Waals surface area contributed by atoms with Crippen LogP contribution in [0.2, 0.25) is 0 Å². The van der Waals surface area contributed by atoms with Gasteiger partial charge in [-0.3, -0.25) is 7.05 Å². The summed E-state index contributed by atoms with van der Waals surface area (Å²) in [5.74, 6) is 0.770. The van der Waals surface area contributed by atoms with E-state index in [9.17, 15) is 0 Å². The Kier molecular flexibility index (Phi) is 3.87. The lowest BCUT2D eigenvalue weighted by atomic mass is 10.0. The molecule has 1 rings (SSSR count). The van der Waals surface area contributed by atoms with Gasteiger partial charge in [0.15, 0.2) is 0 Å². The maximum atomic E-state index is 5.13. The monoisotopic (exact) mass is 156 g/mol. The van der Waals surface area contributed by atoms with Crippen LogP contribution in [0.15, 0.2) is 0 Å². The number of nitrogens with zero attached hydrogens (tertiary/aromatic N) is 1. The van der Waals surface area contributed by atoms with E-state index in [0.29, 0.717) is 0 Å². The second kappa shape index (κ2) is 4.73. The average Bonchev–Trinajstić information content (AvgIpc) is 2.17. The lowest BCUT2D eigenvalue weighted by Crippen LogP contribution is -2.17. The number of likely N-dealkylation sites (tertiary alicyclic amines) is 1. The van der Waals surface area contributed by atoms with Crippen molar-refractivity contribution >= 4 is 0 Å². The van der Waals surface area contributed by atoms with Crippen molar-refractivity contribution in [2.75, 3.05) is 26.8 Å². The zero-order valence-electron chi connectivity index (χ0n) is 7.38. The van der Waals surface area contributed by atoms with E-state index in [0.717, 1.165) is 25.6 Å². The van der Waals surface area contributed by atoms with Crippen molar-refractivity contribution < 1.29 is 4.74 Å². The maximum Gasteiger partial charge on any atom is 0.0490 e. The fourth-order valence-corrected chi connectivity index (χ4v) is 1.63. The lowest BCUT2D eigenvalue weighted by Gasteiger charge is -2.21. The summed E-state index contributed by atoms with van der Waals surface area (Å²) in [5, 5.41) is 0. The topological polar surface area (TPSA) is 12.5 Å². The van der Waals surface area contributed by atoms with Crippen LogP contribution in [0.4, 0.5) is 0 Å². The highest BCUT2D eigenvalue weighted by Gasteiger charge is 2.11. The predicted octanol–water partition coefficient (Wildman–Crippen LogP) is 1.53. The maximum absolute atomic E-state index is 5.13. The molecule has 0 aromatic carbocycles. The molecule has 11 heavy (non-hydrogen) atoms. The summed E-state index contributed by atoms with van der Waals surface area (Å²) in [4.78, 5) is 2.16. The normalized spacial score (nSPS) is 28.4. The Labute approximate surface area is 69.5 Å². The Bertz CT molecular complexity index is 106. The predicted molar refractivity (Wildman–Crippen MR) is 46.1 cm³/mol. The van der Waals surface area contributed by atoms with Gasteiger partial charge in [0, 0.05) is 13.7 Å². The fourth-order valence-electron chi connectivity index (χ4n) is 1.63. The van der Waals surface area contributed by atoms with Crippen molar-refractivity contribution in [2.24, 2.45) is 5.92 Å². The van der Waals surface area contributed by atoms with E-state index in [1.807, 2.05) is 0 Å². The van der Waals surface area contributed by atoms with Crippen LogP contribution in [0.5, 0.6) is 0 Å². The smallest absolute Gasteiger partial charge is 0.0490 e. The third-order valence-corrected chi connectivity index (χ3v) is 2.34. The number of hydrogen-bond donors (Lipinski definition) is 0. The standard InChI is InChI=1S/C9H18NO/c1-10-6-3-4-9(5-7-10)8-11-2/h9H,1,3-8H2,2H3/q-1. The molecule has 0 aliphatic carbocycles. The van der Waals surface area contributed by atoms with Gasteiger partial charge in [-0.15, -0.1) is 0 Å². The highest BCUT2D eigenvalue weighted by atomic mass is 16.5. The van der Waals surface area contributed by atoms with Gasteiger partial charge in [0.25, 0.3) is 0 Å². The van der Waals surface area contributed by atoms with Gasteiger partial charge in [0.2, 0.25) is 0 Å². The number of ether oxygens (including phenoxy) is 1. The minimum absolute atomic E-state index is 0.770. The van der Waals surface area contributed by atoms with E-state index in [4.69, 9.17) is 4.74 Å². The first kappa shape index (κ1) is 9.01. The van der Waals surface area contributed by atoms with Gasteiger partial charge in [-0.1, -0.05) is 0 Å². The quantitative estimate of drug-likeness (QED) is 0.562. The fraction of sp³-hybridized carbons (Fsp3) is 0.889. The Hall–Kier alpha value is -0.0800. The second-order valence-corrected chi connectivity index (χ2v) is 3.37. The zero-order chi connectivity index (χ0) is 8.10. The Balaban J connectivity index is 2.22. The Morgan fingerprint density at radius 1 is 1.45 bits per heavy atom. The molecule has 0 aromatic heterocycles. The first-order valence-electron chi connectivity index (χ1n) is 4.37. The summed E-state index contributed by atoms with van der Waals surface area (Å²) in [6, 6.07) is 0. The van der Waals surface area contributed by atoms with Crippen LogP contribution >= 0.6 is 0 Å². The van der Waals surface area contributed by atoms with E-state index in [1.165, 1.54) is 19.3 Å². The van der Waals surface area contributed by atoms with E-state index in [-0.39, 0.29) is 0 Å². The summed E-state index contributed by atoms with van der Waals surface area (Å²) in [7, 11) is 5.73. The van der Waals surface area contributed by atoms with Gasteiger partial charge in [0.1, 0.15) is 0 Å². The van der Waals surface area contributed by atoms with Gasteiger partial charge < -0.3 is 9.64 Å². The SMILES string of the molecule is [CH2-]N1CCCC(COC)CC1. The van der Waals surface area contributed by atoms with Gasteiger partial charge in [-0.05, 0) is 38.3 Å². The summed E-state index contributed by atoms with van der Waals surface area (Å²) >= 11 is 0. The van der Waals surface area contributed by atoms with Crippen LogP contribution in [0.25, 0.3) is 0 Å². The molecule has 1 heterocycles. The first-order chi connectivity index (χ1) is 5.33. The summed E-state index contributed by atoms with van der Waals surface area (Å²) < 4.78 is 5.13. The van der Waals surface area contributed by atoms with Gasteiger partial charge in [-0.25, -0.2) is 0 Å². The Morgan fingerprint density at radius 2 is 2.27 bits per heavy atom. The van der Waals surface area contributed by atoms with E-state index in [1.54, 1.807) is 7.11 Å². The molecule has 1 fully saturated rings. The molecule has 1 aliphatic rings. The third kappa shape index (κ3) is 3.21. The highest BCUT2D eigenvalue weighted by molar-refractivity contribution is 4.68. The largest absolute Gasteiger partial charge is 0.459 e. The second-order valence-electron chi connectivity index (χ2n) is 3.37. The molecule has 0 aromatic rings. The van der Waals surface area contributed by atoms with E-state index in [2.05, 4.69) is 11.9 Å². The van der Waals surface area contributed by atoms with Gasteiger partial charge in [-0.2, -0.15) is 0 Å². The van der Waals surface area contributed by atoms with Crippen LogP contribution in [-0.4, -0.2) is 31.7 Å². The average molecular weight is 156 g/mol. The minimum Gasteiger partial charge on any atom is -0.459 e. The van der Waals surface area contributed by atoms with Crippen molar-refractivity contribution in [3.05, 3.63) is 7.05 Å². The molecule has 0 amide bonds. The molecule has 1 atom stereocenters. The van der Waals surface area contributed by atoms with E-state index >= 15 is 0 Å². The van der Waals surface area contributed by atoms with Crippen LogP contribution in [0.3, 0.4) is 0 Å². The highest BCUT2D eigenvalue weighted by Crippen LogP contribution is 2.16. The Morgan fingerprint density at radius 3 is 3.00 bits per heavy atom. The molecule has 1 aliphatic heterocycles. The molecule has 1 unspecified atom stereocenters. The summed E-state index contributed by atoms with van der Waals surface area (Å²) in [5.41, 5.74) is 0. The molecular formula is C9H18NO-. The van der Waals surface area contributed by atoms with Crippen LogP contribution in [-0.2, 0) is 4.74 Å². The molecule has 0 bridgehead atoms. The summed E-state index contributed by atoms with van der Waals surface area (Å²) in [6.45, 7) is 3.21. The molecule has 2 heteroatoms. The van der Waals surface area contributed by atoms with Crippen LogP contribution in [0.1, 0.15) is 19.3 Å². The number of rotatable bonds is 2. The van der Waals surface area contributed by atoms with Crippen molar-refractivity contribution in [3.63, 3.8) is 0 Å². The molecule has 0 radical (unpaired) electrons. The molecule has 1 saturated heterocycles. The van der Waals surface area contributed by atoms with Crippen molar-refractivity contribution in [1.29, 1.82) is 0 Å². The minimum atomic E-state index is 0.770.